The molecule has 0 saturated heterocycles. The molecule has 8 heteroatoms. The number of carbonyl (C=O) groups excluding carboxylic acids is 1. The highest BCUT2D eigenvalue weighted by molar-refractivity contribution is 5.91. The van der Waals surface area contributed by atoms with Gasteiger partial charge >= 0.3 is 5.97 Å². The molecule has 0 bridgehead atoms. The molecule has 1 aliphatic rings. The highest BCUT2D eigenvalue weighted by Crippen LogP contribution is 2.28. The maximum Gasteiger partial charge on any atom is 0.346 e. The van der Waals surface area contributed by atoms with Gasteiger partial charge in [0.15, 0.2) is 0 Å². The quantitative estimate of drug-likeness (QED) is 0.228. The highest BCUT2D eigenvalue weighted by atomic mass is 19.1. The summed E-state index contributed by atoms with van der Waals surface area (Å²) in [6.45, 7) is 3.41. The van der Waals surface area contributed by atoms with Gasteiger partial charge in [-0.25, -0.2) is 18.0 Å². The molecule has 0 spiro atoms. The van der Waals surface area contributed by atoms with Crippen LogP contribution in [-0.4, -0.2) is 25.3 Å². The molecule has 1 fully saturated rings. The van der Waals surface area contributed by atoms with Crippen molar-refractivity contribution in [2.75, 3.05) is 13.2 Å². The fourth-order valence-corrected chi connectivity index (χ4v) is 3.91. The number of unbranched alkanes of at least 4 members (excludes halogenated alkanes) is 2. The van der Waals surface area contributed by atoms with Crippen molar-refractivity contribution in [2.24, 2.45) is 5.92 Å². The third-order valence-corrected chi connectivity index (χ3v) is 5.88. The molecule has 5 nitrogen and oxygen atoms in total. The topological polar surface area (TPSA) is 68.6 Å². The van der Waals surface area contributed by atoms with Crippen LogP contribution in [0.3, 0.4) is 0 Å². The van der Waals surface area contributed by atoms with Crippen molar-refractivity contribution in [1.82, 2.24) is 0 Å². The number of esters is 1. The Hall–Kier alpha value is -3.05. The van der Waals surface area contributed by atoms with E-state index in [9.17, 15) is 18.0 Å². The summed E-state index contributed by atoms with van der Waals surface area (Å²) in [6.07, 6.45) is 7.66. The molecule has 1 saturated carbocycles. The number of hydrogen-bond donors (Lipinski definition) is 0. The predicted octanol–water partition coefficient (Wildman–Crippen LogP) is 6.34. The minimum atomic E-state index is -1.17. The Bertz CT molecular complexity index is 1010. The molecule has 182 valence electrons. The van der Waals surface area contributed by atoms with E-state index in [1.807, 2.05) is 0 Å². The second-order valence-electron chi connectivity index (χ2n) is 8.44. The summed E-state index contributed by atoms with van der Waals surface area (Å²) in [7, 11) is 0. The maximum absolute atomic E-state index is 14.5. The van der Waals surface area contributed by atoms with E-state index in [-0.39, 0.29) is 5.75 Å². The van der Waals surface area contributed by atoms with Gasteiger partial charge in [-0.05, 0) is 50.2 Å². The number of ether oxygens (including phenoxy) is 3. The van der Waals surface area contributed by atoms with Crippen LogP contribution < -0.4 is 9.47 Å². The molecule has 3 rings (SSSR count). The Labute approximate surface area is 197 Å². The molecule has 0 N–H and O–H groups in total. The molecule has 0 atom stereocenters. The van der Waals surface area contributed by atoms with Gasteiger partial charge in [0.05, 0.1) is 18.3 Å². The minimum absolute atomic E-state index is 0.280. The summed E-state index contributed by atoms with van der Waals surface area (Å²) in [5.74, 6) is -4.18. The zero-order chi connectivity index (χ0) is 24.5. The first-order valence-electron chi connectivity index (χ1n) is 11.6. The first kappa shape index (κ1) is 25.6. The van der Waals surface area contributed by atoms with Gasteiger partial charge in [0, 0.05) is 24.8 Å². The molecule has 0 amide bonds. The van der Waals surface area contributed by atoms with E-state index in [2.05, 4.69) is 6.92 Å². The second kappa shape index (κ2) is 12.4. The van der Waals surface area contributed by atoms with Crippen LogP contribution in [0.5, 0.6) is 11.5 Å². The molecular weight excluding hydrogens is 447 g/mol. The normalized spacial score (nSPS) is 17.7. The van der Waals surface area contributed by atoms with E-state index in [4.69, 9.17) is 19.5 Å². The number of nitrogens with zero attached hydrogens (tertiary/aromatic N) is 1. The Kier molecular flexibility index (Phi) is 9.34. The van der Waals surface area contributed by atoms with Crippen LogP contribution in [0.1, 0.15) is 67.8 Å². The van der Waals surface area contributed by atoms with Gasteiger partial charge in [-0.3, -0.25) is 0 Å². The summed E-state index contributed by atoms with van der Waals surface area (Å²) < 4.78 is 58.4. The lowest BCUT2D eigenvalue weighted by Gasteiger charge is -2.28. The number of halogens is 3. The van der Waals surface area contributed by atoms with Crippen LogP contribution in [0.4, 0.5) is 13.2 Å². The lowest BCUT2D eigenvalue weighted by atomic mass is 9.88. The van der Waals surface area contributed by atoms with E-state index in [1.165, 1.54) is 31.0 Å². The van der Waals surface area contributed by atoms with Gasteiger partial charge in [0.1, 0.15) is 40.6 Å². The molecule has 0 radical (unpaired) electrons. The van der Waals surface area contributed by atoms with Gasteiger partial charge in [-0.1, -0.05) is 19.8 Å². The van der Waals surface area contributed by atoms with Crippen molar-refractivity contribution in [1.29, 1.82) is 5.26 Å². The van der Waals surface area contributed by atoms with Crippen LogP contribution in [0.2, 0.25) is 0 Å². The lowest BCUT2D eigenvalue weighted by Crippen LogP contribution is -2.25. The molecule has 0 unspecified atom stereocenters. The third-order valence-electron chi connectivity index (χ3n) is 5.88. The average molecular weight is 476 g/mol. The summed E-state index contributed by atoms with van der Waals surface area (Å²) in [5.41, 5.74) is -1.20. The fourth-order valence-electron chi connectivity index (χ4n) is 3.91. The van der Waals surface area contributed by atoms with E-state index in [0.717, 1.165) is 44.8 Å². The molecule has 34 heavy (non-hydrogen) atoms. The molecule has 1 aliphatic carbocycles. The van der Waals surface area contributed by atoms with Gasteiger partial charge in [-0.2, -0.15) is 5.26 Å². The molecule has 2 aromatic carbocycles. The summed E-state index contributed by atoms with van der Waals surface area (Å²) in [5, 5.41) is 8.69. The predicted molar refractivity (Wildman–Crippen MR) is 119 cm³/mol. The number of rotatable bonds is 10. The first-order chi connectivity index (χ1) is 16.4. The van der Waals surface area contributed by atoms with Crippen molar-refractivity contribution in [3.63, 3.8) is 0 Å². The van der Waals surface area contributed by atoms with Crippen molar-refractivity contribution < 1.29 is 32.2 Å². The zero-order valence-corrected chi connectivity index (χ0v) is 19.1. The van der Waals surface area contributed by atoms with E-state index >= 15 is 0 Å². The van der Waals surface area contributed by atoms with Crippen molar-refractivity contribution in [2.45, 2.75) is 58.0 Å². The van der Waals surface area contributed by atoms with Crippen molar-refractivity contribution >= 4 is 5.97 Å². The van der Waals surface area contributed by atoms with Crippen LogP contribution in [-0.2, 0) is 4.74 Å². The van der Waals surface area contributed by atoms with Crippen LogP contribution >= 0.6 is 0 Å². The van der Waals surface area contributed by atoms with Gasteiger partial charge < -0.3 is 14.2 Å². The van der Waals surface area contributed by atoms with Crippen LogP contribution in [0.25, 0.3) is 0 Å². The number of hydrogen-bond acceptors (Lipinski definition) is 5. The largest absolute Gasteiger partial charge is 0.493 e. The Balaban J connectivity index is 1.49. The molecule has 2 aromatic rings. The number of nitriles is 1. The standard InChI is InChI=1S/C26H28F3NO4/c1-2-3-4-11-32-18-7-5-17(6-8-18)16-33-19-9-10-21(23(27)12-19)26(31)34-20-13-24(28)22(15-30)25(29)14-20/h9-10,12-14,17-18H,2-8,11,16H2,1H3/t17-,18-. The summed E-state index contributed by atoms with van der Waals surface area (Å²) in [4.78, 5) is 12.2. The van der Waals surface area contributed by atoms with Gasteiger partial charge in [-0.15, -0.1) is 0 Å². The molecular formula is C26H28F3NO4. The number of carbonyl (C=O) groups is 1. The Morgan fingerprint density at radius 3 is 2.29 bits per heavy atom. The van der Waals surface area contributed by atoms with Gasteiger partial charge in [0.2, 0.25) is 0 Å². The second-order valence-corrected chi connectivity index (χ2v) is 8.44. The maximum atomic E-state index is 14.5. The Morgan fingerprint density at radius 2 is 1.68 bits per heavy atom. The molecule has 0 aromatic heterocycles. The lowest BCUT2D eigenvalue weighted by molar-refractivity contribution is 0.0112. The highest BCUT2D eigenvalue weighted by Gasteiger charge is 2.23. The number of benzene rings is 2. The third kappa shape index (κ3) is 6.97. The zero-order valence-electron chi connectivity index (χ0n) is 19.1. The smallest absolute Gasteiger partial charge is 0.346 e. The fraction of sp³-hybridized carbons (Fsp3) is 0.462. The minimum Gasteiger partial charge on any atom is -0.493 e. The van der Waals surface area contributed by atoms with E-state index in [1.54, 1.807) is 0 Å². The van der Waals surface area contributed by atoms with Crippen molar-refractivity contribution in [3.05, 3.63) is 58.9 Å². The van der Waals surface area contributed by atoms with Crippen molar-refractivity contribution in [3.8, 4) is 17.6 Å². The molecule has 0 heterocycles. The summed E-state index contributed by atoms with van der Waals surface area (Å²) in [6, 6.07) is 6.49. The SMILES string of the molecule is CCCCCO[C@H]1CC[C@H](COc2ccc(C(=O)Oc3cc(F)c(C#N)c(F)c3)c(F)c2)CC1. The van der Waals surface area contributed by atoms with E-state index in [0.29, 0.717) is 30.8 Å². The van der Waals surface area contributed by atoms with Crippen LogP contribution in [0.15, 0.2) is 30.3 Å². The van der Waals surface area contributed by atoms with Crippen LogP contribution in [0, 0.1) is 34.7 Å². The average Bonchev–Trinajstić information content (AvgIpc) is 2.81. The monoisotopic (exact) mass is 475 g/mol. The first-order valence-corrected chi connectivity index (χ1v) is 11.6. The molecule has 0 aliphatic heterocycles. The van der Waals surface area contributed by atoms with Gasteiger partial charge in [0.25, 0.3) is 0 Å². The Morgan fingerprint density at radius 1 is 1.00 bits per heavy atom. The summed E-state index contributed by atoms with van der Waals surface area (Å²) >= 11 is 0. The van der Waals surface area contributed by atoms with E-state index < -0.39 is 40.3 Å².